The van der Waals surface area contributed by atoms with E-state index in [1.54, 1.807) is 25.6 Å². The Morgan fingerprint density at radius 1 is 1.39 bits per heavy atom. The van der Waals surface area contributed by atoms with Gasteiger partial charge in [-0.05, 0) is 19.9 Å². The third-order valence-electron chi connectivity index (χ3n) is 2.68. The molecule has 5 heteroatoms. The minimum absolute atomic E-state index is 0.211. The lowest BCUT2D eigenvalue weighted by Gasteiger charge is -2.05. The van der Waals surface area contributed by atoms with E-state index in [0.29, 0.717) is 6.61 Å². The molecular formula is C13H24N2O2S. The summed E-state index contributed by atoms with van der Waals surface area (Å²) < 4.78 is 10.5. The molecule has 0 amide bonds. The molecule has 0 aromatic carbocycles. The van der Waals surface area contributed by atoms with Crippen LogP contribution < -0.4 is 5.32 Å². The maximum Gasteiger partial charge on any atom is 0.0958 e. The summed E-state index contributed by atoms with van der Waals surface area (Å²) in [6.07, 6.45) is 2.22. The Morgan fingerprint density at radius 3 is 2.78 bits per heavy atom. The third-order valence-corrected chi connectivity index (χ3v) is 3.80. The second kappa shape index (κ2) is 8.58. The highest BCUT2D eigenvalue weighted by molar-refractivity contribution is 7.11. The van der Waals surface area contributed by atoms with Gasteiger partial charge in [0, 0.05) is 32.1 Å². The molecule has 0 fully saturated rings. The van der Waals surface area contributed by atoms with Crippen LogP contribution in [0.3, 0.4) is 0 Å². The summed E-state index contributed by atoms with van der Waals surface area (Å²) in [5.41, 5.74) is 1.06. The largest absolute Gasteiger partial charge is 0.381 e. The van der Waals surface area contributed by atoms with Crippen LogP contribution in [0.15, 0.2) is 0 Å². The van der Waals surface area contributed by atoms with Crippen molar-refractivity contribution in [3.05, 3.63) is 15.6 Å². The van der Waals surface area contributed by atoms with Gasteiger partial charge in [-0.1, -0.05) is 6.92 Å². The third kappa shape index (κ3) is 5.02. The quantitative estimate of drug-likeness (QED) is 0.701. The number of hydrogen-bond acceptors (Lipinski definition) is 5. The van der Waals surface area contributed by atoms with E-state index in [0.717, 1.165) is 36.6 Å². The number of nitrogens with zero attached hydrogens (tertiary/aromatic N) is 1. The molecule has 104 valence electrons. The zero-order valence-electron chi connectivity index (χ0n) is 11.8. The molecule has 1 N–H and O–H groups in total. The maximum absolute atomic E-state index is 5.28. The normalized spacial score (nSPS) is 12.9. The first-order valence-corrected chi connectivity index (χ1v) is 7.22. The van der Waals surface area contributed by atoms with Crippen LogP contribution >= 0.6 is 11.3 Å². The molecule has 0 saturated carbocycles. The predicted octanol–water partition coefficient (Wildman–Crippen LogP) is 2.37. The van der Waals surface area contributed by atoms with Crippen molar-refractivity contribution in [3.63, 3.8) is 0 Å². The fourth-order valence-corrected chi connectivity index (χ4v) is 2.77. The zero-order valence-corrected chi connectivity index (χ0v) is 12.6. The fraction of sp³-hybridized carbons (Fsp3) is 0.769. The van der Waals surface area contributed by atoms with E-state index >= 15 is 0 Å². The van der Waals surface area contributed by atoms with Gasteiger partial charge in [-0.2, -0.15) is 0 Å². The summed E-state index contributed by atoms with van der Waals surface area (Å²) in [6.45, 7) is 6.73. The van der Waals surface area contributed by atoms with Gasteiger partial charge in [0.05, 0.1) is 23.4 Å². The second-order valence-electron chi connectivity index (χ2n) is 4.34. The topological polar surface area (TPSA) is 43.4 Å². The highest BCUT2D eigenvalue weighted by atomic mass is 32.1. The molecule has 4 nitrogen and oxygen atoms in total. The second-order valence-corrected chi connectivity index (χ2v) is 5.51. The molecule has 0 bridgehead atoms. The summed E-state index contributed by atoms with van der Waals surface area (Å²) >= 11 is 1.76. The molecule has 0 aliphatic carbocycles. The van der Waals surface area contributed by atoms with Crippen molar-refractivity contribution in [1.82, 2.24) is 10.3 Å². The van der Waals surface area contributed by atoms with Crippen molar-refractivity contribution in [2.75, 3.05) is 20.8 Å². The van der Waals surface area contributed by atoms with Crippen molar-refractivity contribution >= 4 is 11.3 Å². The minimum atomic E-state index is 0.211. The standard InChI is InChI=1S/C13H24N2O2S/c1-5-6-14-8-12-11(9-16-3)15-13(18-12)7-10(2)17-4/h10,14H,5-9H2,1-4H3. The molecule has 1 aromatic heterocycles. The van der Waals surface area contributed by atoms with Gasteiger partial charge in [0.25, 0.3) is 0 Å². The van der Waals surface area contributed by atoms with Crippen molar-refractivity contribution in [3.8, 4) is 0 Å². The lowest BCUT2D eigenvalue weighted by molar-refractivity contribution is 0.118. The van der Waals surface area contributed by atoms with E-state index < -0.39 is 0 Å². The lowest BCUT2D eigenvalue weighted by atomic mass is 10.3. The smallest absolute Gasteiger partial charge is 0.0958 e. The highest BCUT2D eigenvalue weighted by Gasteiger charge is 2.12. The Labute approximate surface area is 114 Å². The van der Waals surface area contributed by atoms with Crippen LogP contribution in [0, 0.1) is 0 Å². The Balaban J connectivity index is 2.66. The van der Waals surface area contributed by atoms with Crippen molar-refractivity contribution in [2.45, 2.75) is 45.9 Å². The van der Waals surface area contributed by atoms with Crippen LogP contribution in [0.4, 0.5) is 0 Å². The van der Waals surface area contributed by atoms with E-state index in [1.165, 1.54) is 4.88 Å². The van der Waals surface area contributed by atoms with Gasteiger partial charge in [-0.15, -0.1) is 11.3 Å². The predicted molar refractivity (Wildman–Crippen MR) is 75.0 cm³/mol. The van der Waals surface area contributed by atoms with Gasteiger partial charge in [0.15, 0.2) is 0 Å². The lowest BCUT2D eigenvalue weighted by Crippen LogP contribution is -2.14. The monoisotopic (exact) mass is 272 g/mol. The van der Waals surface area contributed by atoms with Gasteiger partial charge in [-0.25, -0.2) is 4.98 Å². The van der Waals surface area contributed by atoms with Gasteiger partial charge in [0.1, 0.15) is 0 Å². The zero-order chi connectivity index (χ0) is 13.4. The van der Waals surface area contributed by atoms with Crippen LogP contribution in [-0.4, -0.2) is 31.9 Å². The van der Waals surface area contributed by atoms with Crippen molar-refractivity contribution < 1.29 is 9.47 Å². The molecule has 1 aromatic rings. The van der Waals surface area contributed by atoms with Gasteiger partial charge < -0.3 is 14.8 Å². The number of nitrogens with one attached hydrogen (secondary N) is 1. The average Bonchev–Trinajstić information content (AvgIpc) is 2.72. The molecule has 0 saturated heterocycles. The Bertz CT molecular complexity index is 342. The summed E-state index contributed by atoms with van der Waals surface area (Å²) in [5, 5.41) is 4.54. The van der Waals surface area contributed by atoms with Crippen LogP contribution in [0.1, 0.15) is 35.8 Å². The van der Waals surface area contributed by atoms with Crippen LogP contribution in [0.25, 0.3) is 0 Å². The number of methoxy groups -OCH3 is 2. The van der Waals surface area contributed by atoms with Crippen LogP contribution in [-0.2, 0) is 29.0 Å². The van der Waals surface area contributed by atoms with E-state index in [4.69, 9.17) is 9.47 Å². The Hall–Kier alpha value is -0.490. The molecule has 0 aliphatic heterocycles. The number of aromatic nitrogens is 1. The number of hydrogen-bond donors (Lipinski definition) is 1. The van der Waals surface area contributed by atoms with Crippen molar-refractivity contribution in [2.24, 2.45) is 0 Å². The number of thiazole rings is 1. The van der Waals surface area contributed by atoms with E-state index in [-0.39, 0.29) is 6.10 Å². The van der Waals surface area contributed by atoms with Crippen molar-refractivity contribution in [1.29, 1.82) is 0 Å². The highest BCUT2D eigenvalue weighted by Crippen LogP contribution is 2.21. The molecule has 1 rings (SSSR count). The Morgan fingerprint density at radius 2 is 2.17 bits per heavy atom. The van der Waals surface area contributed by atoms with E-state index in [1.807, 2.05) is 0 Å². The average molecular weight is 272 g/mol. The molecular weight excluding hydrogens is 248 g/mol. The maximum atomic E-state index is 5.28. The molecule has 1 atom stereocenters. The molecule has 0 aliphatic rings. The SMILES string of the molecule is CCCNCc1sc(CC(C)OC)nc1COC. The first-order valence-electron chi connectivity index (χ1n) is 6.41. The minimum Gasteiger partial charge on any atom is -0.381 e. The summed E-state index contributed by atoms with van der Waals surface area (Å²) in [4.78, 5) is 5.92. The molecule has 18 heavy (non-hydrogen) atoms. The molecule has 0 spiro atoms. The van der Waals surface area contributed by atoms with Crippen LogP contribution in [0.5, 0.6) is 0 Å². The molecule has 1 heterocycles. The first-order chi connectivity index (χ1) is 8.71. The summed E-state index contributed by atoms with van der Waals surface area (Å²) in [6, 6.07) is 0. The first kappa shape index (κ1) is 15.6. The number of ether oxygens (including phenoxy) is 2. The van der Waals surface area contributed by atoms with Gasteiger partial charge in [-0.3, -0.25) is 0 Å². The fourth-order valence-electron chi connectivity index (χ4n) is 1.62. The summed E-state index contributed by atoms with van der Waals surface area (Å²) in [7, 11) is 3.44. The van der Waals surface area contributed by atoms with E-state index in [9.17, 15) is 0 Å². The molecule has 1 unspecified atom stereocenters. The van der Waals surface area contributed by atoms with Gasteiger partial charge >= 0.3 is 0 Å². The van der Waals surface area contributed by atoms with Gasteiger partial charge in [0.2, 0.25) is 0 Å². The molecule has 0 radical (unpaired) electrons. The Kier molecular flexibility index (Phi) is 7.42. The number of rotatable bonds is 9. The van der Waals surface area contributed by atoms with Crippen LogP contribution in [0.2, 0.25) is 0 Å². The summed E-state index contributed by atoms with van der Waals surface area (Å²) in [5.74, 6) is 0. The van der Waals surface area contributed by atoms with E-state index in [2.05, 4.69) is 24.1 Å².